The molecule has 30 heavy (non-hydrogen) atoms. The van der Waals surface area contributed by atoms with Crippen LogP contribution in [0.15, 0.2) is 47.1 Å². The summed E-state index contributed by atoms with van der Waals surface area (Å²) in [6, 6.07) is 2.80. The summed E-state index contributed by atoms with van der Waals surface area (Å²) in [5.74, 6) is 1.94. The van der Waals surface area contributed by atoms with Gasteiger partial charge in [0.15, 0.2) is 0 Å². The van der Waals surface area contributed by atoms with Crippen molar-refractivity contribution in [2.75, 3.05) is 19.8 Å². The number of ether oxygens (including phenoxy) is 2. The number of aliphatic imine (C=N–C) groups is 1. The molecule has 4 aliphatic rings. The fraction of sp³-hybridized carbons (Fsp3) is 0.500. The number of morpholine rings is 1. The van der Waals surface area contributed by atoms with Crippen molar-refractivity contribution in [3.05, 3.63) is 47.8 Å². The Morgan fingerprint density at radius 2 is 2.03 bits per heavy atom. The van der Waals surface area contributed by atoms with Crippen molar-refractivity contribution in [1.82, 2.24) is 20.3 Å². The van der Waals surface area contributed by atoms with Crippen LogP contribution in [0, 0.1) is 0 Å². The molecule has 7 nitrogen and oxygen atoms in total. The van der Waals surface area contributed by atoms with Crippen molar-refractivity contribution in [3.63, 3.8) is 0 Å². The van der Waals surface area contributed by atoms with Crippen molar-refractivity contribution in [3.8, 4) is 5.75 Å². The predicted octanol–water partition coefficient (Wildman–Crippen LogP) is 2.69. The first-order valence-electron chi connectivity index (χ1n) is 9.96. The molecule has 2 fully saturated rings. The molecule has 160 valence electrons. The molecule has 1 N–H and O–H groups in total. The van der Waals surface area contributed by atoms with E-state index in [4.69, 9.17) is 9.47 Å². The molecule has 5 rings (SSSR count). The van der Waals surface area contributed by atoms with Crippen molar-refractivity contribution < 1.29 is 22.6 Å². The van der Waals surface area contributed by atoms with Crippen LogP contribution in [0.5, 0.6) is 5.75 Å². The van der Waals surface area contributed by atoms with Gasteiger partial charge in [-0.15, -0.1) is 0 Å². The Morgan fingerprint density at radius 3 is 2.77 bits per heavy atom. The molecule has 4 aliphatic heterocycles. The van der Waals surface area contributed by atoms with Crippen molar-refractivity contribution in [2.45, 2.75) is 44.1 Å². The number of halogens is 3. The fourth-order valence-electron chi connectivity index (χ4n) is 4.38. The highest BCUT2D eigenvalue weighted by Crippen LogP contribution is 2.37. The third kappa shape index (κ3) is 3.54. The molecule has 0 aliphatic carbocycles. The third-order valence-electron chi connectivity index (χ3n) is 5.69. The zero-order valence-electron chi connectivity index (χ0n) is 16.4. The maximum Gasteiger partial charge on any atom is 0.433 e. The van der Waals surface area contributed by atoms with E-state index in [1.54, 1.807) is 0 Å². The van der Waals surface area contributed by atoms with Gasteiger partial charge in [0.1, 0.15) is 29.7 Å². The van der Waals surface area contributed by atoms with Crippen molar-refractivity contribution >= 4 is 5.71 Å². The highest BCUT2D eigenvalue weighted by Gasteiger charge is 2.42. The molecule has 0 amide bonds. The number of nitrogens with zero attached hydrogens (tertiary/aromatic N) is 4. The van der Waals surface area contributed by atoms with Crippen LogP contribution in [0.25, 0.3) is 0 Å². The summed E-state index contributed by atoms with van der Waals surface area (Å²) in [4.78, 5) is 10.4. The molecule has 0 radical (unpaired) electrons. The van der Waals surface area contributed by atoms with Crippen LogP contribution in [-0.2, 0) is 10.9 Å². The zero-order chi connectivity index (χ0) is 20.9. The lowest BCUT2D eigenvalue weighted by molar-refractivity contribution is -0.141. The smallest absolute Gasteiger partial charge is 0.433 e. The summed E-state index contributed by atoms with van der Waals surface area (Å²) >= 11 is 0. The minimum atomic E-state index is -4.50. The molecule has 2 saturated heterocycles. The van der Waals surface area contributed by atoms with Crippen LogP contribution < -0.4 is 10.2 Å². The van der Waals surface area contributed by atoms with Gasteiger partial charge < -0.3 is 14.4 Å². The number of hydrazine groups is 1. The molecule has 0 aromatic carbocycles. The summed E-state index contributed by atoms with van der Waals surface area (Å²) in [6.45, 7) is 3.55. The minimum absolute atomic E-state index is 0.129. The van der Waals surface area contributed by atoms with Crippen LogP contribution in [0.1, 0.15) is 25.5 Å². The first-order valence-corrected chi connectivity index (χ1v) is 9.96. The summed E-state index contributed by atoms with van der Waals surface area (Å²) in [5.41, 5.74) is 3.30. The van der Waals surface area contributed by atoms with Crippen LogP contribution in [0.3, 0.4) is 0 Å². The summed E-state index contributed by atoms with van der Waals surface area (Å²) in [5, 5.41) is 1.95. The Hall–Kier alpha value is -2.59. The van der Waals surface area contributed by atoms with Crippen LogP contribution in [0.4, 0.5) is 13.2 Å². The van der Waals surface area contributed by atoms with Crippen molar-refractivity contribution in [1.29, 1.82) is 0 Å². The van der Waals surface area contributed by atoms with Crippen LogP contribution in [-0.4, -0.2) is 58.6 Å². The highest BCUT2D eigenvalue weighted by molar-refractivity contribution is 5.94. The lowest BCUT2D eigenvalue weighted by Gasteiger charge is -2.42. The zero-order valence-corrected chi connectivity index (χ0v) is 16.4. The van der Waals surface area contributed by atoms with Gasteiger partial charge in [-0.2, -0.15) is 13.2 Å². The number of nitrogens with one attached hydrogen (secondary N) is 1. The summed E-state index contributed by atoms with van der Waals surface area (Å²) in [7, 11) is 0. The Bertz CT molecular complexity index is 913. The Kier molecular flexibility index (Phi) is 4.70. The maximum absolute atomic E-state index is 12.9. The quantitative estimate of drug-likeness (QED) is 0.807. The maximum atomic E-state index is 12.9. The van der Waals surface area contributed by atoms with Crippen LogP contribution >= 0.6 is 0 Å². The van der Waals surface area contributed by atoms with Gasteiger partial charge in [0.2, 0.25) is 0 Å². The van der Waals surface area contributed by atoms with E-state index in [2.05, 4.69) is 26.4 Å². The van der Waals surface area contributed by atoms with E-state index in [0.717, 1.165) is 42.5 Å². The van der Waals surface area contributed by atoms with Crippen molar-refractivity contribution in [2.24, 2.45) is 4.99 Å². The first kappa shape index (κ1) is 19.4. The van der Waals surface area contributed by atoms with Gasteiger partial charge >= 0.3 is 6.18 Å². The summed E-state index contributed by atoms with van der Waals surface area (Å²) in [6.07, 6.45) is 2.79. The van der Waals surface area contributed by atoms with Gasteiger partial charge in [-0.25, -0.2) is 15.4 Å². The van der Waals surface area contributed by atoms with E-state index >= 15 is 0 Å². The Labute approximate surface area is 171 Å². The standard InChI is InChI=1S/C20H22F3N5O2/c1-12-6-19(27-14-2-3-15(27)11-29-10-14)28-18(25-12)7-13(26-28)9-30-16-4-5-24-17(8-16)20(21,22)23/h4-8,13-15,26H,2-3,9-11H2,1H3. The van der Waals surface area contributed by atoms with Gasteiger partial charge in [0.25, 0.3) is 0 Å². The number of allylic oxidation sites excluding steroid dienone is 1. The topological polar surface area (TPSA) is 62.2 Å². The summed E-state index contributed by atoms with van der Waals surface area (Å²) < 4.78 is 49.9. The van der Waals surface area contributed by atoms with E-state index in [1.807, 2.05) is 18.0 Å². The van der Waals surface area contributed by atoms with Gasteiger partial charge in [0, 0.05) is 24.1 Å². The molecular formula is C20H22F3N5O2. The minimum Gasteiger partial charge on any atom is -0.491 e. The molecular weight excluding hydrogens is 399 g/mol. The number of fused-ring (bicyclic) bond motifs is 3. The average Bonchev–Trinajstić information content (AvgIpc) is 3.22. The number of alkyl halides is 3. The average molecular weight is 421 g/mol. The lowest BCUT2D eigenvalue weighted by atomic mass is 10.2. The Balaban J connectivity index is 1.29. The van der Waals surface area contributed by atoms with Crippen LogP contribution in [0.2, 0.25) is 0 Å². The van der Waals surface area contributed by atoms with E-state index in [-0.39, 0.29) is 18.4 Å². The van der Waals surface area contributed by atoms with Gasteiger partial charge in [-0.05, 0) is 31.9 Å². The second kappa shape index (κ2) is 7.28. The molecule has 2 bridgehead atoms. The number of hydrogen-bond acceptors (Lipinski definition) is 7. The molecule has 5 heterocycles. The van der Waals surface area contributed by atoms with E-state index < -0.39 is 11.9 Å². The number of hydrogen-bond donors (Lipinski definition) is 1. The van der Waals surface area contributed by atoms with E-state index in [9.17, 15) is 13.2 Å². The first-order chi connectivity index (χ1) is 14.4. The van der Waals surface area contributed by atoms with E-state index in [1.165, 1.54) is 6.07 Å². The lowest BCUT2D eigenvalue weighted by Crippen LogP contribution is -2.52. The molecule has 1 aromatic heterocycles. The second-order valence-electron chi connectivity index (χ2n) is 7.87. The fourth-order valence-corrected chi connectivity index (χ4v) is 4.38. The number of rotatable bonds is 4. The Morgan fingerprint density at radius 1 is 1.27 bits per heavy atom. The largest absolute Gasteiger partial charge is 0.491 e. The number of pyridine rings is 1. The monoisotopic (exact) mass is 421 g/mol. The molecule has 1 aromatic rings. The third-order valence-corrected chi connectivity index (χ3v) is 5.69. The molecule has 10 heteroatoms. The second-order valence-corrected chi connectivity index (χ2v) is 7.87. The molecule has 3 atom stereocenters. The molecule has 3 unspecified atom stereocenters. The number of aromatic nitrogens is 1. The highest BCUT2D eigenvalue weighted by atomic mass is 19.4. The SMILES string of the molecule is CC1=NC2=CC(COc3ccnc(C(F)(F)F)c3)NN2C(N2C3CCC2COC3)=C1. The predicted molar refractivity (Wildman–Crippen MR) is 102 cm³/mol. The molecule has 0 saturated carbocycles. The van der Waals surface area contributed by atoms with E-state index in [0.29, 0.717) is 25.3 Å². The van der Waals surface area contributed by atoms with Gasteiger partial charge in [-0.1, -0.05) is 0 Å². The van der Waals surface area contributed by atoms with Gasteiger partial charge in [0.05, 0.1) is 31.3 Å². The normalized spacial score (nSPS) is 28.1. The van der Waals surface area contributed by atoms with Gasteiger partial charge in [-0.3, -0.25) is 4.98 Å². The molecule has 0 spiro atoms.